The fourth-order valence-electron chi connectivity index (χ4n) is 1.39. The van der Waals surface area contributed by atoms with Gasteiger partial charge in [0.2, 0.25) is 0 Å². The summed E-state index contributed by atoms with van der Waals surface area (Å²) in [7, 11) is 0. The SMILES string of the molecule is CCCCCCCCOCC[CH]C(F)(F)F. The molecule has 0 N–H and O–H groups in total. The molecule has 0 rings (SSSR count). The van der Waals surface area contributed by atoms with Crippen LogP contribution in [0.4, 0.5) is 13.2 Å². The van der Waals surface area contributed by atoms with E-state index in [1.807, 2.05) is 0 Å². The first-order valence-corrected chi connectivity index (χ1v) is 6.05. The predicted octanol–water partition coefficient (Wildman–Crippen LogP) is 4.52. The van der Waals surface area contributed by atoms with E-state index < -0.39 is 6.18 Å². The maximum absolute atomic E-state index is 11.7. The summed E-state index contributed by atoms with van der Waals surface area (Å²) >= 11 is 0. The third kappa shape index (κ3) is 13.8. The number of rotatable bonds is 10. The molecule has 0 aliphatic rings. The summed E-state index contributed by atoms with van der Waals surface area (Å²) in [5.41, 5.74) is 0. The topological polar surface area (TPSA) is 9.23 Å². The largest absolute Gasteiger partial charge is 0.392 e. The van der Waals surface area contributed by atoms with Gasteiger partial charge in [-0.05, 0) is 12.8 Å². The van der Waals surface area contributed by atoms with Crippen LogP contribution < -0.4 is 0 Å². The monoisotopic (exact) mass is 239 g/mol. The fourth-order valence-corrected chi connectivity index (χ4v) is 1.39. The van der Waals surface area contributed by atoms with Crippen molar-refractivity contribution in [3.63, 3.8) is 0 Å². The molecule has 97 valence electrons. The van der Waals surface area contributed by atoms with Crippen molar-refractivity contribution in [1.82, 2.24) is 0 Å². The molecule has 0 unspecified atom stereocenters. The van der Waals surface area contributed by atoms with E-state index in [-0.39, 0.29) is 13.0 Å². The van der Waals surface area contributed by atoms with Crippen molar-refractivity contribution in [3.05, 3.63) is 6.42 Å². The summed E-state index contributed by atoms with van der Waals surface area (Å²) in [5, 5.41) is 0. The molecule has 0 amide bonds. The zero-order chi connectivity index (χ0) is 12.3. The lowest BCUT2D eigenvalue weighted by Crippen LogP contribution is -2.10. The van der Waals surface area contributed by atoms with Crippen LogP contribution in [0.2, 0.25) is 0 Å². The van der Waals surface area contributed by atoms with Crippen LogP contribution in [0.1, 0.15) is 51.9 Å². The molecule has 0 heterocycles. The lowest BCUT2D eigenvalue weighted by Gasteiger charge is -2.06. The van der Waals surface area contributed by atoms with Crippen LogP contribution >= 0.6 is 0 Å². The average molecular weight is 239 g/mol. The van der Waals surface area contributed by atoms with Crippen molar-refractivity contribution >= 4 is 0 Å². The maximum atomic E-state index is 11.7. The van der Waals surface area contributed by atoms with E-state index in [1.54, 1.807) is 0 Å². The third-order valence-electron chi connectivity index (χ3n) is 2.28. The first kappa shape index (κ1) is 15.8. The third-order valence-corrected chi connectivity index (χ3v) is 2.28. The van der Waals surface area contributed by atoms with E-state index in [4.69, 9.17) is 4.74 Å². The predicted molar refractivity (Wildman–Crippen MR) is 59.2 cm³/mol. The average Bonchev–Trinajstić information content (AvgIpc) is 2.19. The lowest BCUT2D eigenvalue weighted by molar-refractivity contribution is -0.100. The standard InChI is InChI=1S/C12H22F3O/c1-2-3-4-5-6-7-10-16-11-8-9-12(13,14)15/h9H,2-8,10-11H2,1H3. The molecular formula is C12H22F3O. The summed E-state index contributed by atoms with van der Waals surface area (Å²) in [6.07, 6.45) is 3.14. The zero-order valence-corrected chi connectivity index (χ0v) is 9.98. The van der Waals surface area contributed by atoms with Crippen LogP contribution in [-0.4, -0.2) is 19.4 Å². The summed E-state index contributed by atoms with van der Waals surface area (Å²) < 4.78 is 40.2. The Kier molecular flexibility index (Phi) is 9.78. The maximum Gasteiger partial charge on any atom is 0.392 e. The Balaban J connectivity index is 2.99. The van der Waals surface area contributed by atoms with Crippen LogP contribution in [0.15, 0.2) is 0 Å². The Morgan fingerprint density at radius 1 is 0.938 bits per heavy atom. The van der Waals surface area contributed by atoms with Gasteiger partial charge in [0, 0.05) is 13.2 Å². The number of hydrogen-bond donors (Lipinski definition) is 0. The Hall–Kier alpha value is -0.250. The quantitative estimate of drug-likeness (QED) is 0.509. The fraction of sp³-hybridized carbons (Fsp3) is 0.917. The van der Waals surface area contributed by atoms with Gasteiger partial charge >= 0.3 is 6.18 Å². The van der Waals surface area contributed by atoms with Gasteiger partial charge in [0.15, 0.2) is 0 Å². The lowest BCUT2D eigenvalue weighted by atomic mass is 10.1. The van der Waals surface area contributed by atoms with Crippen molar-refractivity contribution < 1.29 is 17.9 Å². The van der Waals surface area contributed by atoms with Gasteiger partial charge in [0.05, 0.1) is 6.42 Å². The van der Waals surface area contributed by atoms with Crippen molar-refractivity contribution in [2.45, 2.75) is 58.0 Å². The van der Waals surface area contributed by atoms with E-state index in [0.29, 0.717) is 13.0 Å². The van der Waals surface area contributed by atoms with E-state index in [1.165, 1.54) is 25.7 Å². The molecule has 0 aromatic rings. The van der Waals surface area contributed by atoms with Crippen LogP contribution in [0.3, 0.4) is 0 Å². The minimum absolute atomic E-state index is 0.0423. The van der Waals surface area contributed by atoms with Crippen molar-refractivity contribution in [1.29, 1.82) is 0 Å². The number of hydrogen-bond acceptors (Lipinski definition) is 1. The van der Waals surface area contributed by atoms with Crippen molar-refractivity contribution in [2.75, 3.05) is 13.2 Å². The highest BCUT2D eigenvalue weighted by Gasteiger charge is 2.26. The Labute approximate surface area is 96.4 Å². The van der Waals surface area contributed by atoms with Crippen LogP contribution in [-0.2, 0) is 4.74 Å². The highest BCUT2D eigenvalue weighted by Crippen LogP contribution is 2.19. The molecule has 0 aliphatic carbocycles. The first-order valence-electron chi connectivity index (χ1n) is 6.05. The molecule has 0 bridgehead atoms. The van der Waals surface area contributed by atoms with Crippen LogP contribution in [0.25, 0.3) is 0 Å². The highest BCUT2D eigenvalue weighted by molar-refractivity contribution is 4.73. The van der Waals surface area contributed by atoms with Gasteiger partial charge in [-0.25, -0.2) is 0 Å². The second-order valence-electron chi connectivity index (χ2n) is 3.91. The highest BCUT2D eigenvalue weighted by atomic mass is 19.4. The molecule has 1 nitrogen and oxygen atoms in total. The van der Waals surface area contributed by atoms with Gasteiger partial charge < -0.3 is 4.74 Å². The molecular weight excluding hydrogens is 217 g/mol. The molecule has 0 saturated heterocycles. The minimum Gasteiger partial charge on any atom is -0.381 e. The summed E-state index contributed by atoms with van der Waals surface area (Å²) in [5.74, 6) is 0. The Morgan fingerprint density at radius 2 is 1.56 bits per heavy atom. The van der Waals surface area contributed by atoms with Gasteiger partial charge in [-0.1, -0.05) is 39.0 Å². The Bertz CT molecular complexity index is 146. The molecule has 0 saturated carbocycles. The molecule has 0 spiro atoms. The molecule has 1 radical (unpaired) electrons. The summed E-state index contributed by atoms with van der Waals surface area (Å²) in [6.45, 7) is 2.92. The van der Waals surface area contributed by atoms with E-state index in [0.717, 1.165) is 12.8 Å². The molecule has 0 aromatic carbocycles. The molecule has 0 aliphatic heterocycles. The number of alkyl halides is 3. The first-order chi connectivity index (χ1) is 7.56. The normalized spacial score (nSPS) is 12.0. The number of halogens is 3. The van der Waals surface area contributed by atoms with Crippen LogP contribution in [0, 0.1) is 6.42 Å². The molecule has 0 atom stereocenters. The zero-order valence-electron chi connectivity index (χ0n) is 9.98. The van der Waals surface area contributed by atoms with Gasteiger partial charge in [0.25, 0.3) is 0 Å². The van der Waals surface area contributed by atoms with Crippen LogP contribution in [0.5, 0.6) is 0 Å². The number of ether oxygens (including phenoxy) is 1. The van der Waals surface area contributed by atoms with Gasteiger partial charge in [-0.2, -0.15) is 13.2 Å². The summed E-state index contributed by atoms with van der Waals surface area (Å²) in [6, 6.07) is 0. The Morgan fingerprint density at radius 3 is 2.19 bits per heavy atom. The minimum atomic E-state index is -4.16. The smallest absolute Gasteiger partial charge is 0.381 e. The molecule has 4 heteroatoms. The molecule has 0 aromatic heterocycles. The van der Waals surface area contributed by atoms with E-state index in [2.05, 4.69) is 6.92 Å². The van der Waals surface area contributed by atoms with E-state index in [9.17, 15) is 13.2 Å². The molecule has 16 heavy (non-hydrogen) atoms. The van der Waals surface area contributed by atoms with E-state index >= 15 is 0 Å². The summed E-state index contributed by atoms with van der Waals surface area (Å²) in [4.78, 5) is 0. The second kappa shape index (κ2) is 9.94. The van der Waals surface area contributed by atoms with Crippen molar-refractivity contribution in [2.24, 2.45) is 0 Å². The van der Waals surface area contributed by atoms with Gasteiger partial charge in [-0.15, -0.1) is 0 Å². The number of unbranched alkanes of at least 4 members (excludes halogenated alkanes) is 5. The van der Waals surface area contributed by atoms with Gasteiger partial charge in [0.1, 0.15) is 0 Å². The van der Waals surface area contributed by atoms with Gasteiger partial charge in [-0.3, -0.25) is 0 Å². The van der Waals surface area contributed by atoms with Crippen molar-refractivity contribution in [3.8, 4) is 0 Å². The molecule has 0 fully saturated rings. The second-order valence-corrected chi connectivity index (χ2v) is 3.91.